The lowest BCUT2D eigenvalue weighted by atomic mass is 10.2. The van der Waals surface area contributed by atoms with E-state index in [1.807, 2.05) is 0 Å². The average Bonchev–Trinajstić information content (AvgIpc) is 2.72. The number of carbonyl (C=O) groups excluding carboxylic acids is 1. The Morgan fingerprint density at radius 2 is 2.25 bits per heavy atom. The number of imidazole rings is 1. The normalized spacial score (nSPS) is 12.4. The number of halogens is 1. The molecule has 0 aliphatic rings. The summed E-state index contributed by atoms with van der Waals surface area (Å²) in [6, 6.07) is 2.19. The van der Waals surface area contributed by atoms with Crippen molar-refractivity contribution in [1.29, 1.82) is 0 Å². The summed E-state index contributed by atoms with van der Waals surface area (Å²) in [7, 11) is 1.38. The van der Waals surface area contributed by atoms with Crippen molar-refractivity contribution >= 4 is 29.2 Å². The van der Waals surface area contributed by atoms with E-state index in [9.17, 15) is 9.18 Å². The van der Waals surface area contributed by atoms with Gasteiger partial charge in [0.2, 0.25) is 0 Å². The van der Waals surface area contributed by atoms with Crippen molar-refractivity contribution in [1.82, 2.24) is 9.55 Å². The number of hydrogen-bond acceptors (Lipinski definition) is 4. The van der Waals surface area contributed by atoms with Crippen molar-refractivity contribution in [3.63, 3.8) is 0 Å². The minimum Gasteiger partial charge on any atom is -0.494 e. The third-order valence-corrected chi connectivity index (χ3v) is 3.30. The molecule has 5 nitrogen and oxygen atoms in total. The van der Waals surface area contributed by atoms with E-state index >= 15 is 0 Å². The molecule has 0 amide bonds. The van der Waals surface area contributed by atoms with Crippen LogP contribution in [0.15, 0.2) is 12.1 Å². The van der Waals surface area contributed by atoms with Crippen LogP contribution in [0.5, 0.6) is 5.75 Å². The first-order valence-corrected chi connectivity index (χ1v) is 6.54. The summed E-state index contributed by atoms with van der Waals surface area (Å²) in [6.07, 6.45) is 0. The molecule has 7 heteroatoms. The molecule has 108 valence electrons. The lowest BCUT2D eigenvalue weighted by molar-refractivity contribution is -0.146. The molecule has 0 saturated carbocycles. The largest absolute Gasteiger partial charge is 0.494 e. The number of ether oxygens (including phenoxy) is 2. The lowest BCUT2D eigenvalue weighted by Gasteiger charge is -2.13. The molecule has 0 spiro atoms. The highest BCUT2D eigenvalue weighted by Gasteiger charge is 2.20. The average molecular weight is 298 g/mol. The SMILES string of the molecule is CCOC(=O)C(C)n1c(=S)[nH]c2cc(F)c(OC)cc21. The quantitative estimate of drug-likeness (QED) is 0.696. The number of aromatic amines is 1. The Morgan fingerprint density at radius 3 is 2.85 bits per heavy atom. The van der Waals surface area contributed by atoms with Crippen LogP contribution in [-0.2, 0) is 9.53 Å². The fraction of sp³-hybridized carbons (Fsp3) is 0.385. The van der Waals surface area contributed by atoms with Crippen molar-refractivity contribution in [3.05, 3.63) is 22.7 Å². The molecule has 0 aliphatic carbocycles. The van der Waals surface area contributed by atoms with E-state index in [0.717, 1.165) is 0 Å². The number of hydrogen-bond donors (Lipinski definition) is 1. The monoisotopic (exact) mass is 298 g/mol. The molecule has 0 aliphatic heterocycles. The highest BCUT2D eigenvalue weighted by atomic mass is 32.1. The van der Waals surface area contributed by atoms with Gasteiger partial charge in [0.1, 0.15) is 6.04 Å². The minimum absolute atomic E-state index is 0.0938. The maximum absolute atomic E-state index is 13.7. The number of nitrogens with zero attached hydrogens (tertiary/aromatic N) is 1. The molecule has 2 rings (SSSR count). The zero-order chi connectivity index (χ0) is 14.9. The van der Waals surface area contributed by atoms with Gasteiger partial charge < -0.3 is 19.0 Å². The van der Waals surface area contributed by atoms with Crippen molar-refractivity contribution in [2.75, 3.05) is 13.7 Å². The molecule has 0 saturated heterocycles. The second-order valence-corrected chi connectivity index (χ2v) is 4.62. The van der Waals surface area contributed by atoms with Gasteiger partial charge in [-0.3, -0.25) is 0 Å². The van der Waals surface area contributed by atoms with Gasteiger partial charge >= 0.3 is 5.97 Å². The summed E-state index contributed by atoms with van der Waals surface area (Å²) in [5.74, 6) is -0.795. The second-order valence-electron chi connectivity index (χ2n) is 4.23. The summed E-state index contributed by atoms with van der Waals surface area (Å²) in [5.41, 5.74) is 1.10. The fourth-order valence-electron chi connectivity index (χ4n) is 2.04. The fourth-order valence-corrected chi connectivity index (χ4v) is 2.40. The Hall–Kier alpha value is -1.89. The highest BCUT2D eigenvalue weighted by Crippen LogP contribution is 2.27. The third kappa shape index (κ3) is 2.40. The summed E-state index contributed by atoms with van der Waals surface area (Å²) in [6.45, 7) is 3.70. The standard InChI is InChI=1S/C13H15FN2O3S/c1-4-19-12(17)7(2)16-10-6-11(18-3)8(14)5-9(10)15-13(16)20/h5-7H,4H2,1-3H3,(H,15,20). The van der Waals surface area contributed by atoms with Crippen molar-refractivity contribution in [3.8, 4) is 5.75 Å². The van der Waals surface area contributed by atoms with Gasteiger partial charge in [-0.2, -0.15) is 0 Å². The van der Waals surface area contributed by atoms with Gasteiger partial charge in [0.25, 0.3) is 0 Å². The van der Waals surface area contributed by atoms with Crippen LogP contribution in [0.3, 0.4) is 0 Å². The number of carbonyl (C=O) groups is 1. The van der Waals surface area contributed by atoms with Crippen LogP contribution in [-0.4, -0.2) is 29.2 Å². The number of aromatic nitrogens is 2. The van der Waals surface area contributed by atoms with Gasteiger partial charge in [0.05, 0.1) is 24.8 Å². The minimum atomic E-state index is -0.605. The van der Waals surface area contributed by atoms with Crippen LogP contribution in [0.2, 0.25) is 0 Å². The molecule has 1 aromatic heterocycles. The first kappa shape index (κ1) is 14.5. The van der Waals surface area contributed by atoms with Crippen LogP contribution in [0.25, 0.3) is 11.0 Å². The van der Waals surface area contributed by atoms with E-state index in [0.29, 0.717) is 15.8 Å². The number of methoxy groups -OCH3 is 1. The van der Waals surface area contributed by atoms with E-state index in [-0.39, 0.29) is 12.4 Å². The molecule has 0 radical (unpaired) electrons. The van der Waals surface area contributed by atoms with Crippen molar-refractivity contribution < 1.29 is 18.7 Å². The van der Waals surface area contributed by atoms with Gasteiger partial charge in [0, 0.05) is 12.1 Å². The third-order valence-electron chi connectivity index (χ3n) is 3.01. The Balaban J connectivity index is 2.61. The Kier molecular flexibility index (Phi) is 4.08. The van der Waals surface area contributed by atoms with Crippen molar-refractivity contribution in [2.24, 2.45) is 0 Å². The van der Waals surface area contributed by atoms with Gasteiger partial charge in [-0.25, -0.2) is 9.18 Å². The van der Waals surface area contributed by atoms with E-state index in [1.54, 1.807) is 18.4 Å². The smallest absolute Gasteiger partial charge is 0.328 e. The van der Waals surface area contributed by atoms with E-state index in [2.05, 4.69) is 4.98 Å². The van der Waals surface area contributed by atoms with Gasteiger partial charge in [0.15, 0.2) is 16.3 Å². The number of nitrogens with one attached hydrogen (secondary N) is 1. The zero-order valence-corrected chi connectivity index (χ0v) is 12.2. The molecular formula is C13H15FN2O3S. The molecule has 1 atom stereocenters. The molecule has 0 fully saturated rings. The van der Waals surface area contributed by atoms with Crippen molar-refractivity contribution in [2.45, 2.75) is 19.9 Å². The summed E-state index contributed by atoms with van der Waals surface area (Å²) >= 11 is 5.19. The number of H-pyrrole nitrogens is 1. The number of esters is 1. The van der Waals surface area contributed by atoms with Crippen LogP contribution in [0.1, 0.15) is 19.9 Å². The number of rotatable bonds is 4. The number of fused-ring (bicyclic) bond motifs is 1. The summed E-state index contributed by atoms with van der Waals surface area (Å²) in [4.78, 5) is 14.7. The molecule has 1 N–H and O–H groups in total. The molecular weight excluding hydrogens is 283 g/mol. The van der Waals surface area contributed by atoms with Gasteiger partial charge in [-0.05, 0) is 26.1 Å². The number of benzene rings is 1. The molecule has 0 bridgehead atoms. The molecule has 1 heterocycles. The Morgan fingerprint density at radius 1 is 1.55 bits per heavy atom. The first-order valence-electron chi connectivity index (χ1n) is 6.14. The Bertz CT molecular complexity index is 707. The van der Waals surface area contributed by atoms with E-state index < -0.39 is 17.8 Å². The summed E-state index contributed by atoms with van der Waals surface area (Å²) < 4.78 is 25.5. The van der Waals surface area contributed by atoms with E-state index in [1.165, 1.54) is 19.2 Å². The predicted octanol–water partition coefficient (Wildman–Crippen LogP) is 2.97. The lowest BCUT2D eigenvalue weighted by Crippen LogP contribution is -2.19. The first-order chi connectivity index (χ1) is 9.49. The van der Waals surface area contributed by atoms with E-state index in [4.69, 9.17) is 21.7 Å². The topological polar surface area (TPSA) is 56.2 Å². The molecule has 2 aromatic rings. The second kappa shape index (κ2) is 5.62. The van der Waals surface area contributed by atoms with Crippen LogP contribution in [0, 0.1) is 10.6 Å². The van der Waals surface area contributed by atoms with Crippen LogP contribution >= 0.6 is 12.2 Å². The zero-order valence-electron chi connectivity index (χ0n) is 11.4. The summed E-state index contributed by atoms with van der Waals surface area (Å²) in [5, 5.41) is 0. The molecule has 1 unspecified atom stereocenters. The van der Waals surface area contributed by atoms with Gasteiger partial charge in [-0.15, -0.1) is 0 Å². The molecule has 20 heavy (non-hydrogen) atoms. The van der Waals surface area contributed by atoms with Crippen LogP contribution < -0.4 is 4.74 Å². The molecule has 1 aromatic carbocycles. The van der Waals surface area contributed by atoms with Gasteiger partial charge in [-0.1, -0.05) is 0 Å². The maximum Gasteiger partial charge on any atom is 0.328 e. The predicted molar refractivity (Wildman–Crippen MR) is 75.0 cm³/mol. The maximum atomic E-state index is 13.7. The Labute approximate surface area is 120 Å². The van der Waals surface area contributed by atoms with Crippen LogP contribution in [0.4, 0.5) is 4.39 Å². The highest BCUT2D eigenvalue weighted by molar-refractivity contribution is 7.71.